The number of nitrogens with two attached hydrogens (primary N) is 1. The summed E-state index contributed by atoms with van der Waals surface area (Å²) in [6.45, 7) is 1.92. The molecular formula is C18H17FN4O2S. The minimum atomic E-state index is -0.509. The SMILES string of the molecule is CC(=O)c1cc(Cc2nc(CC(N)=O)nn2Cc2ccc(F)cc2)cs1. The Morgan fingerprint density at radius 1 is 1.23 bits per heavy atom. The van der Waals surface area contributed by atoms with Crippen LogP contribution in [0.25, 0.3) is 0 Å². The molecule has 0 spiro atoms. The summed E-state index contributed by atoms with van der Waals surface area (Å²) in [6.07, 6.45) is 0.419. The quantitative estimate of drug-likeness (QED) is 0.645. The first kappa shape index (κ1) is 17.9. The number of hydrogen-bond donors (Lipinski definition) is 1. The first-order chi connectivity index (χ1) is 12.4. The Labute approximate surface area is 153 Å². The van der Waals surface area contributed by atoms with E-state index in [1.54, 1.807) is 16.8 Å². The summed E-state index contributed by atoms with van der Waals surface area (Å²) >= 11 is 1.38. The largest absolute Gasteiger partial charge is 0.369 e. The van der Waals surface area contributed by atoms with Crippen molar-refractivity contribution in [1.82, 2.24) is 14.8 Å². The average Bonchev–Trinajstić information content (AvgIpc) is 3.17. The molecule has 8 heteroatoms. The number of amides is 1. The van der Waals surface area contributed by atoms with Crippen molar-refractivity contribution in [2.24, 2.45) is 5.73 Å². The molecule has 0 aliphatic carbocycles. The minimum absolute atomic E-state index is 0.0171. The van der Waals surface area contributed by atoms with Gasteiger partial charge in [-0.05, 0) is 41.6 Å². The monoisotopic (exact) mass is 372 g/mol. The lowest BCUT2D eigenvalue weighted by atomic mass is 10.2. The Bertz CT molecular complexity index is 947. The fraction of sp³-hybridized carbons (Fsp3) is 0.222. The molecule has 1 amide bonds. The van der Waals surface area contributed by atoms with Gasteiger partial charge in [-0.3, -0.25) is 9.59 Å². The molecule has 2 N–H and O–H groups in total. The first-order valence-corrected chi connectivity index (χ1v) is 8.82. The molecule has 1 aromatic carbocycles. The molecule has 0 aliphatic heterocycles. The van der Waals surface area contributed by atoms with Crippen LogP contribution in [0.1, 0.15) is 39.4 Å². The first-order valence-electron chi connectivity index (χ1n) is 7.94. The fourth-order valence-corrected chi connectivity index (χ4v) is 3.33. The number of benzene rings is 1. The van der Waals surface area contributed by atoms with Gasteiger partial charge in [-0.15, -0.1) is 11.3 Å². The molecule has 0 unspecified atom stereocenters. The number of rotatable bonds is 7. The van der Waals surface area contributed by atoms with Crippen molar-refractivity contribution in [2.75, 3.05) is 0 Å². The number of Topliss-reactive ketones (excluding diaryl/α,β-unsaturated/α-hetero) is 1. The molecule has 0 aliphatic rings. The number of thiophene rings is 1. The van der Waals surface area contributed by atoms with E-state index in [0.29, 0.717) is 29.5 Å². The van der Waals surface area contributed by atoms with Crippen LogP contribution < -0.4 is 5.73 Å². The molecule has 26 heavy (non-hydrogen) atoms. The Hall–Kier alpha value is -2.87. The molecule has 0 saturated heterocycles. The molecule has 3 aromatic rings. The van der Waals surface area contributed by atoms with Crippen molar-refractivity contribution >= 4 is 23.0 Å². The maximum Gasteiger partial charge on any atom is 0.225 e. The highest BCUT2D eigenvalue weighted by Crippen LogP contribution is 2.19. The Morgan fingerprint density at radius 2 is 1.96 bits per heavy atom. The summed E-state index contributed by atoms with van der Waals surface area (Å²) < 4.78 is 14.8. The smallest absolute Gasteiger partial charge is 0.225 e. The van der Waals surface area contributed by atoms with Gasteiger partial charge < -0.3 is 5.73 Å². The van der Waals surface area contributed by atoms with Crippen molar-refractivity contribution in [3.8, 4) is 0 Å². The van der Waals surface area contributed by atoms with Gasteiger partial charge in [-0.25, -0.2) is 14.1 Å². The Balaban J connectivity index is 1.87. The van der Waals surface area contributed by atoms with Crippen LogP contribution in [-0.4, -0.2) is 26.5 Å². The van der Waals surface area contributed by atoms with Crippen LogP contribution in [0.5, 0.6) is 0 Å². The lowest BCUT2D eigenvalue weighted by Gasteiger charge is -2.05. The molecule has 0 fully saturated rings. The molecule has 134 valence electrons. The van der Waals surface area contributed by atoms with Crippen LogP contribution in [0.3, 0.4) is 0 Å². The zero-order chi connectivity index (χ0) is 18.7. The van der Waals surface area contributed by atoms with Gasteiger partial charge in [-0.2, -0.15) is 5.10 Å². The lowest BCUT2D eigenvalue weighted by Crippen LogP contribution is -2.15. The van der Waals surface area contributed by atoms with Crippen LogP contribution in [0.2, 0.25) is 0 Å². The van der Waals surface area contributed by atoms with Crippen molar-refractivity contribution in [2.45, 2.75) is 26.3 Å². The number of carbonyl (C=O) groups excluding carboxylic acids is 2. The summed E-state index contributed by atoms with van der Waals surface area (Å²) in [4.78, 5) is 27.7. The molecule has 0 saturated carbocycles. The maximum atomic E-state index is 13.1. The molecule has 0 radical (unpaired) electrons. The van der Waals surface area contributed by atoms with E-state index in [1.807, 2.05) is 11.4 Å². The van der Waals surface area contributed by atoms with Crippen LogP contribution in [-0.2, 0) is 24.2 Å². The number of ketones is 1. The zero-order valence-corrected chi connectivity index (χ0v) is 14.9. The molecule has 2 heterocycles. The number of primary amides is 1. The van der Waals surface area contributed by atoms with Gasteiger partial charge in [0.15, 0.2) is 11.6 Å². The second kappa shape index (κ2) is 7.57. The summed E-state index contributed by atoms with van der Waals surface area (Å²) in [5, 5.41) is 6.26. The van der Waals surface area contributed by atoms with Gasteiger partial charge in [-0.1, -0.05) is 12.1 Å². The van der Waals surface area contributed by atoms with Gasteiger partial charge >= 0.3 is 0 Å². The van der Waals surface area contributed by atoms with E-state index in [9.17, 15) is 14.0 Å². The molecule has 2 aromatic heterocycles. The van der Waals surface area contributed by atoms with E-state index in [1.165, 1.54) is 30.4 Å². The van der Waals surface area contributed by atoms with Gasteiger partial charge in [0.2, 0.25) is 5.91 Å². The second-order valence-electron chi connectivity index (χ2n) is 5.92. The summed E-state index contributed by atoms with van der Waals surface area (Å²) in [5.41, 5.74) is 7.04. The number of halogens is 1. The Morgan fingerprint density at radius 3 is 2.58 bits per heavy atom. The van der Waals surface area contributed by atoms with E-state index in [2.05, 4.69) is 10.1 Å². The highest BCUT2D eigenvalue weighted by atomic mass is 32.1. The number of nitrogens with zero attached hydrogens (tertiary/aromatic N) is 3. The van der Waals surface area contributed by atoms with Gasteiger partial charge in [0.1, 0.15) is 11.6 Å². The molecule has 6 nitrogen and oxygen atoms in total. The highest BCUT2D eigenvalue weighted by molar-refractivity contribution is 7.12. The van der Waals surface area contributed by atoms with Crippen molar-refractivity contribution in [1.29, 1.82) is 0 Å². The van der Waals surface area contributed by atoms with E-state index >= 15 is 0 Å². The maximum absolute atomic E-state index is 13.1. The van der Waals surface area contributed by atoms with Crippen molar-refractivity contribution < 1.29 is 14.0 Å². The topological polar surface area (TPSA) is 90.9 Å². The fourth-order valence-electron chi connectivity index (χ4n) is 2.51. The Kier molecular flexibility index (Phi) is 5.22. The third-order valence-corrected chi connectivity index (χ3v) is 4.81. The zero-order valence-electron chi connectivity index (χ0n) is 14.1. The van der Waals surface area contributed by atoms with E-state index in [-0.39, 0.29) is 18.0 Å². The third kappa shape index (κ3) is 4.40. The molecule has 0 bridgehead atoms. The van der Waals surface area contributed by atoms with E-state index in [0.717, 1.165) is 11.1 Å². The predicted octanol–water partition coefficient (Wildman–Crippen LogP) is 2.35. The van der Waals surface area contributed by atoms with Crippen molar-refractivity contribution in [3.05, 3.63) is 69.2 Å². The molecular weight excluding hydrogens is 355 g/mol. The van der Waals surface area contributed by atoms with Crippen LogP contribution in [0, 0.1) is 5.82 Å². The second-order valence-corrected chi connectivity index (χ2v) is 6.83. The van der Waals surface area contributed by atoms with Crippen LogP contribution >= 0.6 is 11.3 Å². The number of carbonyl (C=O) groups is 2. The minimum Gasteiger partial charge on any atom is -0.369 e. The van der Waals surface area contributed by atoms with Crippen molar-refractivity contribution in [3.63, 3.8) is 0 Å². The molecule has 3 rings (SSSR count). The van der Waals surface area contributed by atoms with E-state index in [4.69, 9.17) is 5.73 Å². The number of aromatic nitrogens is 3. The van der Waals surface area contributed by atoms with Gasteiger partial charge in [0.25, 0.3) is 0 Å². The normalized spacial score (nSPS) is 10.8. The van der Waals surface area contributed by atoms with E-state index < -0.39 is 5.91 Å². The average molecular weight is 372 g/mol. The van der Waals surface area contributed by atoms with Gasteiger partial charge in [0.05, 0.1) is 17.8 Å². The summed E-state index contributed by atoms with van der Waals surface area (Å²) in [7, 11) is 0. The standard InChI is InChI=1S/C18H17FN4O2S/c1-11(24)15-6-13(10-26-15)7-18-21-17(8-16(20)25)22-23(18)9-12-2-4-14(19)5-3-12/h2-6,10H,7-9H2,1H3,(H2,20,25). The van der Waals surface area contributed by atoms with Gasteiger partial charge in [0, 0.05) is 6.42 Å². The lowest BCUT2D eigenvalue weighted by molar-refractivity contribution is -0.117. The summed E-state index contributed by atoms with van der Waals surface area (Å²) in [5.74, 6) is 0.195. The van der Waals surface area contributed by atoms with Crippen LogP contribution in [0.15, 0.2) is 35.7 Å². The third-order valence-electron chi connectivity index (χ3n) is 3.73. The predicted molar refractivity (Wildman–Crippen MR) is 95.6 cm³/mol. The molecule has 0 atom stereocenters. The highest BCUT2D eigenvalue weighted by Gasteiger charge is 2.14. The number of hydrogen-bond acceptors (Lipinski definition) is 5. The summed E-state index contributed by atoms with van der Waals surface area (Å²) in [6, 6.07) is 7.94. The van der Waals surface area contributed by atoms with Crippen LogP contribution in [0.4, 0.5) is 4.39 Å².